The topological polar surface area (TPSA) is 67.4 Å². The van der Waals surface area contributed by atoms with Crippen molar-refractivity contribution in [3.63, 3.8) is 0 Å². The van der Waals surface area contributed by atoms with Crippen molar-refractivity contribution in [2.24, 2.45) is 0 Å². The predicted molar refractivity (Wildman–Crippen MR) is 90.0 cm³/mol. The fourth-order valence-corrected chi connectivity index (χ4v) is 2.20. The van der Waals surface area contributed by atoms with Crippen molar-refractivity contribution in [3.05, 3.63) is 58.9 Å². The third kappa shape index (κ3) is 4.45. The maximum Gasteiger partial charge on any atom is 0.255 e. The number of hydrogen-bond acceptors (Lipinski definition) is 3. The number of rotatable bonds is 6. The van der Waals surface area contributed by atoms with Crippen LogP contribution in [0, 0.1) is 5.82 Å². The summed E-state index contributed by atoms with van der Waals surface area (Å²) in [5.74, 6) is -1.03. The van der Waals surface area contributed by atoms with Gasteiger partial charge < -0.3 is 15.4 Å². The van der Waals surface area contributed by atoms with Crippen molar-refractivity contribution in [1.29, 1.82) is 0 Å². The number of hydrogen-bond donors (Lipinski definition) is 2. The molecule has 0 unspecified atom stereocenters. The lowest BCUT2D eigenvalue weighted by atomic mass is 10.2. The van der Waals surface area contributed by atoms with Crippen LogP contribution in [0.1, 0.15) is 16.8 Å². The Morgan fingerprint density at radius 2 is 1.92 bits per heavy atom. The van der Waals surface area contributed by atoms with Crippen LogP contribution < -0.4 is 15.4 Å². The summed E-state index contributed by atoms with van der Waals surface area (Å²) in [6.45, 7) is 0.102. The third-order valence-corrected chi connectivity index (χ3v) is 3.51. The number of para-hydroxylation sites is 1. The predicted octanol–water partition coefficient (Wildman–Crippen LogP) is 3.25. The third-order valence-electron chi connectivity index (χ3n) is 3.21. The molecule has 2 N–H and O–H groups in total. The molecule has 0 aliphatic heterocycles. The lowest BCUT2D eigenvalue weighted by Gasteiger charge is -2.10. The van der Waals surface area contributed by atoms with Crippen LogP contribution in [0.25, 0.3) is 0 Å². The molecule has 7 heteroatoms. The molecule has 0 radical (unpaired) electrons. The number of amides is 2. The van der Waals surface area contributed by atoms with Crippen LogP contribution in [0.15, 0.2) is 42.5 Å². The van der Waals surface area contributed by atoms with Crippen LogP contribution >= 0.6 is 11.6 Å². The molecule has 2 rings (SSSR count). The van der Waals surface area contributed by atoms with Crippen LogP contribution in [-0.2, 0) is 4.79 Å². The molecule has 0 saturated carbocycles. The lowest BCUT2D eigenvalue weighted by Crippen LogP contribution is -2.28. The molecule has 2 aromatic rings. The van der Waals surface area contributed by atoms with Gasteiger partial charge in [0.15, 0.2) is 5.82 Å². The van der Waals surface area contributed by atoms with E-state index in [9.17, 15) is 14.0 Å². The Morgan fingerprint density at radius 1 is 1.17 bits per heavy atom. The van der Waals surface area contributed by atoms with Crippen LogP contribution in [0.3, 0.4) is 0 Å². The molecule has 0 saturated heterocycles. The first kappa shape index (κ1) is 17.7. The Balaban J connectivity index is 1.86. The molecule has 5 nitrogen and oxygen atoms in total. The average molecular weight is 351 g/mol. The molecule has 0 aliphatic carbocycles. The fraction of sp³-hybridized carbons (Fsp3) is 0.176. The van der Waals surface area contributed by atoms with Gasteiger partial charge in [-0.25, -0.2) is 4.39 Å². The molecular weight excluding hydrogens is 335 g/mol. The summed E-state index contributed by atoms with van der Waals surface area (Å²) in [5, 5.41) is 4.96. The highest BCUT2D eigenvalue weighted by atomic mass is 35.5. The minimum atomic E-state index is -0.689. The zero-order valence-corrected chi connectivity index (χ0v) is 13.7. The molecule has 2 aromatic carbocycles. The Bertz CT molecular complexity index is 752. The summed E-state index contributed by atoms with van der Waals surface area (Å²) in [7, 11) is 1.47. The summed E-state index contributed by atoms with van der Waals surface area (Å²) in [6, 6.07) is 11.1. The molecule has 0 spiro atoms. The largest absolute Gasteiger partial charge is 0.496 e. The van der Waals surface area contributed by atoms with Crippen LogP contribution in [0.5, 0.6) is 5.75 Å². The van der Waals surface area contributed by atoms with Crippen LogP contribution in [-0.4, -0.2) is 25.5 Å². The first-order chi connectivity index (χ1) is 11.5. The smallest absolute Gasteiger partial charge is 0.255 e. The number of anilines is 1. The zero-order valence-electron chi connectivity index (χ0n) is 12.9. The Hall–Kier alpha value is -2.60. The number of methoxy groups -OCH3 is 1. The molecule has 0 atom stereocenters. The first-order valence-corrected chi connectivity index (χ1v) is 7.56. The van der Waals surface area contributed by atoms with E-state index in [4.69, 9.17) is 16.3 Å². The van der Waals surface area contributed by atoms with Crippen molar-refractivity contribution in [3.8, 4) is 5.75 Å². The van der Waals surface area contributed by atoms with Gasteiger partial charge in [0.05, 0.1) is 23.4 Å². The Labute approximate surface area is 143 Å². The highest BCUT2D eigenvalue weighted by molar-refractivity contribution is 6.31. The SMILES string of the molecule is COc1ccccc1C(=O)NCCC(=O)Nc1cccc(Cl)c1F. The molecule has 0 aliphatic rings. The van der Waals surface area contributed by atoms with Gasteiger partial charge in [0.25, 0.3) is 5.91 Å². The second-order valence-corrected chi connectivity index (χ2v) is 5.26. The van der Waals surface area contributed by atoms with Gasteiger partial charge in [-0.05, 0) is 24.3 Å². The van der Waals surface area contributed by atoms with Gasteiger partial charge in [-0.15, -0.1) is 0 Å². The fourth-order valence-electron chi connectivity index (χ4n) is 2.03. The van der Waals surface area contributed by atoms with E-state index in [0.29, 0.717) is 11.3 Å². The quantitative estimate of drug-likeness (QED) is 0.840. The molecule has 0 aromatic heterocycles. The molecule has 2 amide bonds. The molecule has 24 heavy (non-hydrogen) atoms. The molecule has 126 valence electrons. The van der Waals surface area contributed by atoms with Crippen molar-refractivity contribution >= 4 is 29.1 Å². The number of carbonyl (C=O) groups excluding carboxylic acids is 2. The van der Waals surface area contributed by atoms with E-state index >= 15 is 0 Å². The van der Waals surface area contributed by atoms with Gasteiger partial charge in [0.1, 0.15) is 5.75 Å². The standard InChI is InChI=1S/C17H16ClFN2O3/c1-24-14-8-3-2-5-11(14)17(23)20-10-9-15(22)21-13-7-4-6-12(18)16(13)19/h2-8H,9-10H2,1H3,(H,20,23)(H,21,22). The molecule has 0 heterocycles. The van der Waals surface area contributed by atoms with Gasteiger partial charge >= 0.3 is 0 Å². The maximum atomic E-state index is 13.7. The number of carbonyl (C=O) groups is 2. The van der Waals surface area contributed by atoms with Crippen molar-refractivity contribution in [2.45, 2.75) is 6.42 Å². The van der Waals surface area contributed by atoms with E-state index < -0.39 is 11.7 Å². The summed E-state index contributed by atoms with van der Waals surface area (Å²) in [5.41, 5.74) is 0.379. The molecular formula is C17H16ClFN2O3. The van der Waals surface area contributed by atoms with Crippen molar-refractivity contribution in [2.75, 3.05) is 19.0 Å². The van der Waals surface area contributed by atoms with Crippen molar-refractivity contribution in [1.82, 2.24) is 5.32 Å². The minimum absolute atomic E-state index is 0.00329. The Morgan fingerprint density at radius 3 is 2.67 bits per heavy atom. The van der Waals surface area contributed by atoms with Gasteiger partial charge in [0.2, 0.25) is 5.91 Å². The number of nitrogens with one attached hydrogen (secondary N) is 2. The summed E-state index contributed by atoms with van der Waals surface area (Å²) in [4.78, 5) is 23.9. The van der Waals surface area contributed by atoms with E-state index in [0.717, 1.165) is 0 Å². The average Bonchev–Trinajstić information content (AvgIpc) is 2.58. The maximum absolute atomic E-state index is 13.7. The Kier molecular flexibility index (Phi) is 6.14. The second kappa shape index (κ2) is 8.31. The first-order valence-electron chi connectivity index (χ1n) is 7.18. The summed E-state index contributed by atoms with van der Waals surface area (Å²) in [6.07, 6.45) is -0.00710. The number of ether oxygens (including phenoxy) is 1. The lowest BCUT2D eigenvalue weighted by molar-refractivity contribution is -0.116. The van der Waals surface area contributed by atoms with Gasteiger partial charge in [0, 0.05) is 13.0 Å². The van der Waals surface area contributed by atoms with E-state index in [-0.39, 0.29) is 29.6 Å². The zero-order chi connectivity index (χ0) is 17.5. The molecule has 0 bridgehead atoms. The second-order valence-electron chi connectivity index (χ2n) is 4.86. The van der Waals surface area contributed by atoms with Gasteiger partial charge in [-0.3, -0.25) is 9.59 Å². The monoisotopic (exact) mass is 350 g/mol. The van der Waals surface area contributed by atoms with Crippen LogP contribution in [0.4, 0.5) is 10.1 Å². The highest BCUT2D eigenvalue weighted by Crippen LogP contribution is 2.22. The molecule has 0 fully saturated rings. The van der Waals surface area contributed by atoms with Gasteiger partial charge in [-0.1, -0.05) is 29.8 Å². The van der Waals surface area contributed by atoms with Crippen molar-refractivity contribution < 1.29 is 18.7 Å². The van der Waals surface area contributed by atoms with E-state index in [1.165, 1.54) is 25.3 Å². The van der Waals surface area contributed by atoms with E-state index in [1.54, 1.807) is 24.3 Å². The van der Waals surface area contributed by atoms with E-state index in [1.807, 2.05) is 0 Å². The van der Waals surface area contributed by atoms with E-state index in [2.05, 4.69) is 10.6 Å². The normalized spacial score (nSPS) is 10.1. The summed E-state index contributed by atoms with van der Waals surface area (Å²) >= 11 is 5.64. The number of halogens is 2. The summed E-state index contributed by atoms with van der Waals surface area (Å²) < 4.78 is 18.8. The minimum Gasteiger partial charge on any atom is -0.496 e. The highest BCUT2D eigenvalue weighted by Gasteiger charge is 2.13. The number of benzene rings is 2. The van der Waals surface area contributed by atoms with Crippen LogP contribution in [0.2, 0.25) is 5.02 Å². The van der Waals surface area contributed by atoms with Gasteiger partial charge in [-0.2, -0.15) is 0 Å².